The van der Waals surface area contributed by atoms with Crippen LogP contribution in [0, 0.1) is 0 Å². The fourth-order valence-electron chi connectivity index (χ4n) is 2.51. The molecule has 0 aromatic heterocycles. The van der Waals surface area contributed by atoms with Gasteiger partial charge < -0.3 is 20.1 Å². The van der Waals surface area contributed by atoms with Crippen molar-refractivity contribution in [2.24, 2.45) is 0 Å². The average Bonchev–Trinajstić information content (AvgIpc) is 2.71. The molecule has 0 aliphatic heterocycles. The molecule has 2 amide bonds. The zero-order chi connectivity index (χ0) is 21.2. The van der Waals surface area contributed by atoms with Gasteiger partial charge >= 0.3 is 5.97 Å². The molecule has 0 heterocycles. The molecule has 8 heteroatoms. The Morgan fingerprint density at radius 1 is 1.07 bits per heavy atom. The number of hydrogen-bond acceptors (Lipinski definition) is 5. The lowest BCUT2D eigenvalue weighted by Gasteiger charge is -2.15. The SMILES string of the molecule is CCOc1ccc(C(=O)NCC(=O)OCC(=O)N[C@H](C)c2ccccc2Cl)cc1. The van der Waals surface area contributed by atoms with Crippen LogP contribution in [0.2, 0.25) is 5.02 Å². The summed E-state index contributed by atoms with van der Waals surface area (Å²) < 4.78 is 10.2. The van der Waals surface area contributed by atoms with Crippen molar-refractivity contribution in [3.8, 4) is 5.75 Å². The number of halogens is 1. The van der Waals surface area contributed by atoms with Gasteiger partial charge in [0, 0.05) is 10.6 Å². The van der Waals surface area contributed by atoms with Gasteiger partial charge in [-0.05, 0) is 49.7 Å². The average molecular weight is 419 g/mol. The zero-order valence-electron chi connectivity index (χ0n) is 16.2. The molecule has 0 bridgehead atoms. The lowest BCUT2D eigenvalue weighted by atomic mass is 10.1. The molecule has 0 aliphatic carbocycles. The van der Waals surface area contributed by atoms with Crippen LogP contribution < -0.4 is 15.4 Å². The molecule has 7 nitrogen and oxygen atoms in total. The predicted octanol–water partition coefficient (Wildman–Crippen LogP) is 2.89. The summed E-state index contributed by atoms with van der Waals surface area (Å²) in [7, 11) is 0. The standard InChI is InChI=1S/C21H23ClN2O5/c1-3-28-16-10-8-15(9-11-16)21(27)23-12-20(26)29-13-19(25)24-14(2)17-6-4-5-7-18(17)22/h4-11,14H,3,12-13H2,1-2H3,(H,23,27)(H,24,25)/t14-/m1/s1. The molecule has 1 atom stereocenters. The summed E-state index contributed by atoms with van der Waals surface area (Å²) in [5.41, 5.74) is 1.14. The van der Waals surface area contributed by atoms with E-state index in [0.29, 0.717) is 22.9 Å². The largest absolute Gasteiger partial charge is 0.494 e. The second-order valence-corrected chi connectivity index (χ2v) is 6.52. The van der Waals surface area contributed by atoms with Crippen LogP contribution in [0.3, 0.4) is 0 Å². The topological polar surface area (TPSA) is 93.7 Å². The maximum Gasteiger partial charge on any atom is 0.325 e. The third-order valence-corrected chi connectivity index (χ3v) is 4.28. The van der Waals surface area contributed by atoms with Crippen LogP contribution in [0.5, 0.6) is 5.75 Å². The van der Waals surface area contributed by atoms with E-state index in [2.05, 4.69) is 10.6 Å². The van der Waals surface area contributed by atoms with Crippen LogP contribution >= 0.6 is 11.6 Å². The molecule has 0 unspecified atom stereocenters. The lowest BCUT2D eigenvalue weighted by molar-refractivity contribution is -0.147. The normalized spacial score (nSPS) is 11.3. The van der Waals surface area contributed by atoms with E-state index in [9.17, 15) is 14.4 Å². The van der Waals surface area contributed by atoms with Crippen molar-refractivity contribution in [2.75, 3.05) is 19.8 Å². The highest BCUT2D eigenvalue weighted by Gasteiger charge is 2.14. The van der Waals surface area contributed by atoms with E-state index in [4.69, 9.17) is 21.1 Å². The summed E-state index contributed by atoms with van der Waals surface area (Å²) in [6.07, 6.45) is 0. The van der Waals surface area contributed by atoms with Crippen LogP contribution in [0.25, 0.3) is 0 Å². The van der Waals surface area contributed by atoms with E-state index in [1.54, 1.807) is 49.4 Å². The fourth-order valence-corrected chi connectivity index (χ4v) is 2.81. The van der Waals surface area contributed by atoms with Gasteiger partial charge in [0.2, 0.25) is 0 Å². The summed E-state index contributed by atoms with van der Waals surface area (Å²) in [4.78, 5) is 35.8. The Morgan fingerprint density at radius 2 is 1.76 bits per heavy atom. The van der Waals surface area contributed by atoms with Crippen LogP contribution in [-0.2, 0) is 14.3 Å². The van der Waals surface area contributed by atoms with Crippen molar-refractivity contribution in [3.05, 3.63) is 64.7 Å². The molecule has 0 saturated heterocycles. The summed E-state index contributed by atoms with van der Waals surface area (Å²) in [5.74, 6) is -0.962. The highest BCUT2D eigenvalue weighted by Crippen LogP contribution is 2.21. The molecule has 0 spiro atoms. The second kappa shape index (κ2) is 11.1. The molecule has 2 aromatic rings. The van der Waals surface area contributed by atoms with Gasteiger partial charge in [0.25, 0.3) is 11.8 Å². The van der Waals surface area contributed by atoms with E-state index in [-0.39, 0.29) is 12.6 Å². The number of esters is 1. The van der Waals surface area contributed by atoms with Crippen LogP contribution in [-0.4, -0.2) is 37.5 Å². The van der Waals surface area contributed by atoms with E-state index in [1.165, 1.54) is 0 Å². The van der Waals surface area contributed by atoms with E-state index in [0.717, 1.165) is 5.56 Å². The number of carbonyl (C=O) groups is 3. The first-order valence-electron chi connectivity index (χ1n) is 9.11. The molecular formula is C21H23ClN2O5. The molecule has 154 valence electrons. The van der Waals surface area contributed by atoms with Gasteiger partial charge in [-0.2, -0.15) is 0 Å². The van der Waals surface area contributed by atoms with Crippen molar-refractivity contribution >= 4 is 29.4 Å². The summed E-state index contributed by atoms with van der Waals surface area (Å²) in [6.45, 7) is 3.37. The first-order valence-corrected chi connectivity index (χ1v) is 9.49. The summed E-state index contributed by atoms with van der Waals surface area (Å²) in [6, 6.07) is 13.3. The first kappa shape index (κ1) is 22.2. The second-order valence-electron chi connectivity index (χ2n) is 6.11. The maximum atomic E-state index is 12.0. The van der Waals surface area contributed by atoms with Gasteiger partial charge in [-0.1, -0.05) is 29.8 Å². The molecule has 2 aromatic carbocycles. The third kappa shape index (κ3) is 7.12. The molecule has 2 rings (SSSR count). The number of nitrogens with one attached hydrogen (secondary N) is 2. The number of hydrogen-bond donors (Lipinski definition) is 2. The van der Waals surface area contributed by atoms with Gasteiger partial charge in [0.1, 0.15) is 12.3 Å². The van der Waals surface area contributed by atoms with Crippen molar-refractivity contribution in [3.63, 3.8) is 0 Å². The number of amides is 2. The van der Waals surface area contributed by atoms with Gasteiger partial charge in [0.15, 0.2) is 6.61 Å². The smallest absolute Gasteiger partial charge is 0.325 e. The molecule has 0 radical (unpaired) electrons. The molecular weight excluding hydrogens is 396 g/mol. The Hall–Kier alpha value is -3.06. The van der Waals surface area contributed by atoms with Crippen molar-refractivity contribution in [1.29, 1.82) is 0 Å². The Morgan fingerprint density at radius 3 is 2.41 bits per heavy atom. The van der Waals surface area contributed by atoms with Crippen LogP contribution in [0.1, 0.15) is 35.8 Å². The van der Waals surface area contributed by atoms with Gasteiger partial charge in [-0.15, -0.1) is 0 Å². The van der Waals surface area contributed by atoms with Gasteiger partial charge in [-0.3, -0.25) is 14.4 Å². The predicted molar refractivity (Wildman–Crippen MR) is 109 cm³/mol. The zero-order valence-corrected chi connectivity index (χ0v) is 17.0. The quantitative estimate of drug-likeness (QED) is 0.611. The van der Waals surface area contributed by atoms with E-state index in [1.807, 2.05) is 13.0 Å². The highest BCUT2D eigenvalue weighted by molar-refractivity contribution is 6.31. The summed E-state index contributed by atoms with van der Waals surface area (Å²) in [5, 5.41) is 5.68. The summed E-state index contributed by atoms with van der Waals surface area (Å²) >= 11 is 6.09. The Labute approximate surface area is 174 Å². The Bertz CT molecular complexity index is 854. The lowest BCUT2D eigenvalue weighted by Crippen LogP contribution is -2.34. The van der Waals surface area contributed by atoms with Crippen LogP contribution in [0.4, 0.5) is 0 Å². The van der Waals surface area contributed by atoms with Gasteiger partial charge in [-0.25, -0.2) is 0 Å². The fraction of sp³-hybridized carbons (Fsp3) is 0.286. The van der Waals surface area contributed by atoms with Crippen molar-refractivity contribution in [1.82, 2.24) is 10.6 Å². The third-order valence-electron chi connectivity index (χ3n) is 3.93. The Kier molecular flexibility index (Phi) is 8.48. The Balaban J connectivity index is 1.72. The molecule has 0 saturated carbocycles. The van der Waals surface area contributed by atoms with E-state index >= 15 is 0 Å². The number of carbonyl (C=O) groups excluding carboxylic acids is 3. The van der Waals surface area contributed by atoms with Crippen LogP contribution in [0.15, 0.2) is 48.5 Å². The number of ether oxygens (including phenoxy) is 2. The first-order chi connectivity index (χ1) is 13.9. The van der Waals surface area contributed by atoms with Crippen molar-refractivity contribution in [2.45, 2.75) is 19.9 Å². The maximum absolute atomic E-state index is 12.0. The molecule has 2 N–H and O–H groups in total. The monoisotopic (exact) mass is 418 g/mol. The van der Waals surface area contributed by atoms with Crippen molar-refractivity contribution < 1.29 is 23.9 Å². The minimum Gasteiger partial charge on any atom is -0.494 e. The van der Waals surface area contributed by atoms with Gasteiger partial charge in [0.05, 0.1) is 12.6 Å². The molecule has 0 fully saturated rings. The molecule has 0 aliphatic rings. The minimum atomic E-state index is -0.718. The number of rotatable bonds is 9. The highest BCUT2D eigenvalue weighted by atomic mass is 35.5. The molecule has 29 heavy (non-hydrogen) atoms. The van der Waals surface area contributed by atoms with E-state index < -0.39 is 24.4 Å². The minimum absolute atomic E-state index is 0.339. The number of benzene rings is 2.